The van der Waals surface area contributed by atoms with Crippen molar-refractivity contribution in [3.05, 3.63) is 0 Å². The number of thioether (sulfide) groups is 1. The largest absolute Gasteiger partial charge is 0.370 e. The predicted octanol–water partition coefficient (Wildman–Crippen LogP) is 2.64. The van der Waals surface area contributed by atoms with Gasteiger partial charge in [-0.15, -0.1) is 0 Å². The molecule has 0 aromatic carbocycles. The van der Waals surface area contributed by atoms with E-state index in [1.165, 1.54) is 11.8 Å². The van der Waals surface area contributed by atoms with E-state index < -0.39 is 0 Å². The van der Waals surface area contributed by atoms with Gasteiger partial charge in [-0.05, 0) is 19.3 Å². The van der Waals surface area contributed by atoms with Crippen LogP contribution in [0.1, 0.15) is 46.0 Å². The topological polar surface area (TPSA) is 60.2 Å². The molecule has 2 N–H and O–H groups in total. The molecule has 0 aliphatic rings. The third kappa shape index (κ3) is 10.7. The molecule has 1 atom stereocenters. The maximum atomic E-state index is 11.3. The number of hydrogen-bond acceptors (Lipinski definition) is 4. The number of rotatable bonds is 9. The minimum absolute atomic E-state index is 0.105. The Morgan fingerprint density at radius 1 is 1.24 bits per heavy atom. The lowest BCUT2D eigenvalue weighted by Crippen LogP contribution is -2.10. The van der Waals surface area contributed by atoms with Crippen molar-refractivity contribution in [3.8, 4) is 0 Å². The summed E-state index contributed by atoms with van der Waals surface area (Å²) in [5.74, 6) is 0.703. The summed E-state index contributed by atoms with van der Waals surface area (Å²) in [5, 5.41) is 0.564. The Bertz CT molecular complexity index is 245. The van der Waals surface area contributed by atoms with Crippen LogP contribution in [0.3, 0.4) is 0 Å². The van der Waals surface area contributed by atoms with Crippen molar-refractivity contribution in [1.82, 2.24) is 0 Å². The van der Waals surface area contributed by atoms with Crippen LogP contribution in [-0.4, -0.2) is 22.0 Å². The smallest absolute Gasteiger partial charge is 0.217 e. The standard InChI is InChI=1S/C12H23NO2S2/c1-9(2)12(15)17-8-7-10(16)5-3-4-6-11(13)14/h9-10,16H,3-8H2,1-2H3,(H2,13,14). The Hall–Kier alpha value is -0.160. The second kappa shape index (κ2) is 9.83. The summed E-state index contributed by atoms with van der Waals surface area (Å²) in [5.41, 5.74) is 5.05. The van der Waals surface area contributed by atoms with Crippen LogP contribution < -0.4 is 5.73 Å². The van der Waals surface area contributed by atoms with Gasteiger partial charge >= 0.3 is 0 Å². The Kier molecular flexibility index (Phi) is 9.74. The molecule has 1 amide bonds. The number of carbonyl (C=O) groups is 2. The van der Waals surface area contributed by atoms with Gasteiger partial charge in [0.25, 0.3) is 0 Å². The van der Waals surface area contributed by atoms with Gasteiger partial charge < -0.3 is 5.73 Å². The van der Waals surface area contributed by atoms with Crippen LogP contribution in [0.15, 0.2) is 0 Å². The molecule has 100 valence electrons. The molecule has 0 bridgehead atoms. The SMILES string of the molecule is CC(C)C(=O)SCCC(S)CCCCC(N)=O. The summed E-state index contributed by atoms with van der Waals surface area (Å²) in [6.45, 7) is 3.83. The number of unbranched alkanes of at least 4 members (excludes halogenated alkanes) is 1. The Balaban J connectivity index is 3.43. The molecular weight excluding hydrogens is 254 g/mol. The lowest BCUT2D eigenvalue weighted by molar-refractivity contribution is -0.118. The molecule has 0 radical (unpaired) electrons. The predicted molar refractivity (Wildman–Crippen MR) is 77.4 cm³/mol. The van der Waals surface area contributed by atoms with Gasteiger partial charge in [0.2, 0.25) is 5.91 Å². The Morgan fingerprint density at radius 3 is 2.41 bits per heavy atom. The average molecular weight is 277 g/mol. The van der Waals surface area contributed by atoms with Crippen LogP contribution in [-0.2, 0) is 9.59 Å². The third-order valence-corrected chi connectivity index (χ3v) is 4.09. The van der Waals surface area contributed by atoms with Crippen molar-refractivity contribution in [3.63, 3.8) is 0 Å². The quantitative estimate of drug-likeness (QED) is 0.503. The molecule has 5 heteroatoms. The Labute approximate surface area is 114 Å². The number of thiol groups is 1. The van der Waals surface area contributed by atoms with Crippen LogP contribution in [0.2, 0.25) is 0 Å². The first-order valence-electron chi connectivity index (χ1n) is 6.06. The second-order valence-corrected chi connectivity index (χ2v) is 6.31. The monoisotopic (exact) mass is 277 g/mol. The van der Waals surface area contributed by atoms with E-state index in [1.54, 1.807) is 0 Å². The van der Waals surface area contributed by atoms with Gasteiger partial charge in [-0.1, -0.05) is 32.0 Å². The van der Waals surface area contributed by atoms with E-state index in [0.717, 1.165) is 31.4 Å². The first-order valence-corrected chi connectivity index (χ1v) is 7.56. The zero-order valence-corrected chi connectivity index (χ0v) is 12.4. The van der Waals surface area contributed by atoms with Gasteiger partial charge in [0.15, 0.2) is 5.12 Å². The zero-order chi connectivity index (χ0) is 13.3. The minimum Gasteiger partial charge on any atom is -0.370 e. The molecule has 3 nitrogen and oxygen atoms in total. The molecule has 1 unspecified atom stereocenters. The summed E-state index contributed by atoms with van der Waals surface area (Å²) in [6.07, 6.45) is 4.18. The summed E-state index contributed by atoms with van der Waals surface area (Å²) >= 11 is 5.86. The van der Waals surface area contributed by atoms with Crippen LogP contribution in [0, 0.1) is 5.92 Å². The number of carbonyl (C=O) groups excluding carboxylic acids is 2. The van der Waals surface area contributed by atoms with E-state index in [9.17, 15) is 9.59 Å². The molecule has 0 fully saturated rings. The van der Waals surface area contributed by atoms with Crippen molar-refractivity contribution in [2.75, 3.05) is 5.75 Å². The fraction of sp³-hybridized carbons (Fsp3) is 0.833. The van der Waals surface area contributed by atoms with E-state index in [-0.39, 0.29) is 16.9 Å². The molecule has 0 aliphatic carbocycles. The number of hydrogen-bond donors (Lipinski definition) is 2. The van der Waals surface area contributed by atoms with Crippen molar-refractivity contribution < 1.29 is 9.59 Å². The zero-order valence-electron chi connectivity index (χ0n) is 10.6. The first-order chi connectivity index (χ1) is 7.93. The maximum Gasteiger partial charge on any atom is 0.217 e. The van der Waals surface area contributed by atoms with Crippen LogP contribution >= 0.6 is 24.4 Å². The van der Waals surface area contributed by atoms with Gasteiger partial charge in [-0.3, -0.25) is 9.59 Å². The van der Waals surface area contributed by atoms with Gasteiger partial charge in [-0.2, -0.15) is 12.6 Å². The molecule has 0 aliphatic heterocycles. The summed E-state index contributed by atoms with van der Waals surface area (Å²) in [6, 6.07) is 0. The molecule has 0 heterocycles. The summed E-state index contributed by atoms with van der Waals surface area (Å²) < 4.78 is 0. The lowest BCUT2D eigenvalue weighted by atomic mass is 10.1. The van der Waals surface area contributed by atoms with Crippen LogP contribution in [0.5, 0.6) is 0 Å². The highest BCUT2D eigenvalue weighted by atomic mass is 32.2. The minimum atomic E-state index is -0.237. The average Bonchev–Trinajstić information content (AvgIpc) is 2.23. The van der Waals surface area contributed by atoms with Crippen molar-refractivity contribution in [2.24, 2.45) is 11.7 Å². The Morgan fingerprint density at radius 2 is 1.88 bits per heavy atom. The van der Waals surface area contributed by atoms with E-state index in [1.807, 2.05) is 13.8 Å². The van der Waals surface area contributed by atoms with Crippen LogP contribution in [0.25, 0.3) is 0 Å². The van der Waals surface area contributed by atoms with Crippen molar-refractivity contribution in [2.45, 2.75) is 51.2 Å². The van der Waals surface area contributed by atoms with Crippen LogP contribution in [0.4, 0.5) is 0 Å². The lowest BCUT2D eigenvalue weighted by Gasteiger charge is -2.10. The fourth-order valence-corrected chi connectivity index (χ4v) is 2.71. The molecule has 0 saturated heterocycles. The highest BCUT2D eigenvalue weighted by Gasteiger charge is 2.09. The van der Waals surface area contributed by atoms with E-state index >= 15 is 0 Å². The van der Waals surface area contributed by atoms with Gasteiger partial charge in [0.1, 0.15) is 0 Å². The normalized spacial score (nSPS) is 12.7. The van der Waals surface area contributed by atoms with E-state index in [2.05, 4.69) is 12.6 Å². The molecular formula is C12H23NO2S2. The van der Waals surface area contributed by atoms with E-state index in [4.69, 9.17) is 5.73 Å². The number of primary amides is 1. The maximum absolute atomic E-state index is 11.3. The molecule has 0 rings (SSSR count). The summed E-state index contributed by atoms with van der Waals surface area (Å²) in [7, 11) is 0. The summed E-state index contributed by atoms with van der Waals surface area (Å²) in [4.78, 5) is 21.9. The van der Waals surface area contributed by atoms with Gasteiger partial charge in [0.05, 0.1) is 0 Å². The van der Waals surface area contributed by atoms with Crippen molar-refractivity contribution in [1.29, 1.82) is 0 Å². The molecule has 0 aromatic heterocycles. The molecule has 17 heavy (non-hydrogen) atoms. The molecule has 0 spiro atoms. The van der Waals surface area contributed by atoms with E-state index in [0.29, 0.717) is 11.7 Å². The molecule has 0 saturated carbocycles. The molecule has 0 aromatic rings. The van der Waals surface area contributed by atoms with Crippen molar-refractivity contribution >= 4 is 35.4 Å². The second-order valence-electron chi connectivity index (χ2n) is 4.48. The highest BCUT2D eigenvalue weighted by Crippen LogP contribution is 2.17. The number of nitrogens with two attached hydrogens (primary N) is 1. The fourth-order valence-electron chi connectivity index (χ4n) is 1.29. The first kappa shape index (κ1) is 16.8. The number of amides is 1. The highest BCUT2D eigenvalue weighted by molar-refractivity contribution is 8.13. The van der Waals surface area contributed by atoms with Gasteiger partial charge in [-0.25, -0.2) is 0 Å². The van der Waals surface area contributed by atoms with Gasteiger partial charge in [0, 0.05) is 23.3 Å². The third-order valence-electron chi connectivity index (χ3n) is 2.38.